The molecule has 4 heteroatoms. The standard InChI is InChI=1S/C15H20O4/c1-5-11-7-10-8-12(16)6-9(2)13(10)19-15(11,3)14(17)18-4/h6,8,11,16H,5,7H2,1-4H3. The molecule has 19 heavy (non-hydrogen) atoms. The van der Waals surface area contributed by atoms with E-state index >= 15 is 0 Å². The van der Waals surface area contributed by atoms with Gasteiger partial charge in [0.15, 0.2) is 0 Å². The lowest BCUT2D eigenvalue weighted by molar-refractivity contribution is -0.164. The van der Waals surface area contributed by atoms with Crippen molar-refractivity contribution in [1.29, 1.82) is 0 Å². The number of hydrogen-bond acceptors (Lipinski definition) is 4. The third kappa shape index (κ3) is 2.15. The summed E-state index contributed by atoms with van der Waals surface area (Å²) in [6.45, 7) is 5.67. The van der Waals surface area contributed by atoms with Crippen LogP contribution < -0.4 is 4.74 Å². The van der Waals surface area contributed by atoms with Crippen LogP contribution in [0.2, 0.25) is 0 Å². The van der Waals surface area contributed by atoms with Crippen LogP contribution in [0.4, 0.5) is 0 Å². The Morgan fingerprint density at radius 1 is 1.58 bits per heavy atom. The minimum absolute atomic E-state index is 0.0358. The highest BCUT2D eigenvalue weighted by Crippen LogP contribution is 2.42. The van der Waals surface area contributed by atoms with Gasteiger partial charge in [0.1, 0.15) is 11.5 Å². The van der Waals surface area contributed by atoms with Crippen molar-refractivity contribution in [3.05, 3.63) is 23.3 Å². The SMILES string of the molecule is CCC1Cc2cc(O)cc(C)c2OC1(C)C(=O)OC. The van der Waals surface area contributed by atoms with Crippen molar-refractivity contribution >= 4 is 5.97 Å². The number of aromatic hydroxyl groups is 1. The highest BCUT2D eigenvalue weighted by Gasteiger charge is 2.47. The summed E-state index contributed by atoms with van der Waals surface area (Å²) in [7, 11) is 1.38. The number of carbonyl (C=O) groups excluding carboxylic acids is 1. The van der Waals surface area contributed by atoms with E-state index in [1.54, 1.807) is 19.1 Å². The van der Waals surface area contributed by atoms with Crippen molar-refractivity contribution in [2.24, 2.45) is 5.92 Å². The van der Waals surface area contributed by atoms with Gasteiger partial charge in [0.25, 0.3) is 0 Å². The van der Waals surface area contributed by atoms with Crippen LogP contribution in [0.15, 0.2) is 12.1 Å². The molecule has 1 aliphatic rings. The van der Waals surface area contributed by atoms with E-state index in [9.17, 15) is 9.90 Å². The van der Waals surface area contributed by atoms with E-state index in [4.69, 9.17) is 9.47 Å². The first kappa shape index (κ1) is 13.7. The summed E-state index contributed by atoms with van der Waals surface area (Å²) in [6, 6.07) is 3.35. The van der Waals surface area contributed by atoms with Crippen molar-refractivity contribution < 1.29 is 19.4 Å². The van der Waals surface area contributed by atoms with Gasteiger partial charge in [0, 0.05) is 5.92 Å². The summed E-state index contributed by atoms with van der Waals surface area (Å²) in [5, 5.41) is 9.67. The van der Waals surface area contributed by atoms with Gasteiger partial charge in [-0.3, -0.25) is 0 Å². The molecule has 4 nitrogen and oxygen atoms in total. The van der Waals surface area contributed by atoms with Crippen LogP contribution >= 0.6 is 0 Å². The molecule has 0 aliphatic carbocycles. The number of hydrogen-bond donors (Lipinski definition) is 1. The van der Waals surface area contributed by atoms with Gasteiger partial charge in [-0.05, 0) is 49.9 Å². The molecule has 1 aromatic rings. The van der Waals surface area contributed by atoms with Crippen LogP contribution in [-0.4, -0.2) is 23.8 Å². The van der Waals surface area contributed by atoms with Crippen LogP contribution in [0, 0.1) is 12.8 Å². The number of ether oxygens (including phenoxy) is 2. The maximum Gasteiger partial charge on any atom is 0.350 e. The maximum atomic E-state index is 12.0. The molecule has 0 radical (unpaired) electrons. The fourth-order valence-electron chi connectivity index (χ4n) is 2.82. The van der Waals surface area contributed by atoms with E-state index in [1.165, 1.54) is 7.11 Å². The molecule has 1 aliphatic heterocycles. The Kier molecular flexibility index (Phi) is 3.43. The molecule has 1 heterocycles. The summed E-state index contributed by atoms with van der Waals surface area (Å²) < 4.78 is 10.9. The number of fused-ring (bicyclic) bond motifs is 1. The molecule has 2 atom stereocenters. The summed E-state index contributed by atoms with van der Waals surface area (Å²) in [5.74, 6) is 0.609. The molecular weight excluding hydrogens is 244 g/mol. The third-order valence-electron chi connectivity index (χ3n) is 3.98. The predicted molar refractivity (Wildman–Crippen MR) is 71.4 cm³/mol. The number of rotatable bonds is 2. The van der Waals surface area contributed by atoms with Gasteiger partial charge >= 0.3 is 5.97 Å². The fraction of sp³-hybridized carbons (Fsp3) is 0.533. The molecule has 0 amide bonds. The Balaban J connectivity index is 2.49. The lowest BCUT2D eigenvalue weighted by atomic mass is 9.79. The molecule has 0 bridgehead atoms. The second-order valence-corrected chi connectivity index (χ2v) is 5.26. The van der Waals surface area contributed by atoms with E-state index in [0.29, 0.717) is 12.2 Å². The van der Waals surface area contributed by atoms with Gasteiger partial charge < -0.3 is 14.6 Å². The van der Waals surface area contributed by atoms with Crippen LogP contribution in [0.25, 0.3) is 0 Å². The second-order valence-electron chi connectivity index (χ2n) is 5.26. The van der Waals surface area contributed by atoms with Crippen LogP contribution in [0.5, 0.6) is 11.5 Å². The van der Waals surface area contributed by atoms with Gasteiger partial charge in [-0.1, -0.05) is 6.92 Å². The van der Waals surface area contributed by atoms with Crippen molar-refractivity contribution in [3.8, 4) is 11.5 Å². The Hall–Kier alpha value is -1.71. The first-order valence-corrected chi connectivity index (χ1v) is 6.52. The molecule has 0 spiro atoms. The van der Waals surface area contributed by atoms with E-state index in [0.717, 1.165) is 17.5 Å². The molecule has 1 aromatic carbocycles. The second kappa shape index (κ2) is 4.76. The molecule has 0 fully saturated rings. The summed E-state index contributed by atoms with van der Waals surface area (Å²) in [4.78, 5) is 12.0. The van der Waals surface area contributed by atoms with Gasteiger partial charge in [-0.15, -0.1) is 0 Å². The lowest BCUT2D eigenvalue weighted by Crippen LogP contribution is -2.52. The molecule has 0 saturated heterocycles. The third-order valence-corrected chi connectivity index (χ3v) is 3.98. The van der Waals surface area contributed by atoms with Gasteiger partial charge in [-0.2, -0.15) is 0 Å². The Labute approximate surface area is 113 Å². The monoisotopic (exact) mass is 264 g/mol. The van der Waals surface area contributed by atoms with Crippen molar-refractivity contribution in [2.75, 3.05) is 7.11 Å². The van der Waals surface area contributed by atoms with E-state index in [-0.39, 0.29) is 17.6 Å². The van der Waals surface area contributed by atoms with Crippen molar-refractivity contribution in [1.82, 2.24) is 0 Å². The molecule has 0 aromatic heterocycles. The number of phenols is 1. The van der Waals surface area contributed by atoms with E-state index in [1.807, 2.05) is 13.8 Å². The zero-order valence-corrected chi connectivity index (χ0v) is 11.8. The molecule has 2 unspecified atom stereocenters. The first-order chi connectivity index (χ1) is 8.92. The van der Waals surface area contributed by atoms with Crippen LogP contribution in [0.1, 0.15) is 31.4 Å². The normalized spacial score (nSPS) is 25.4. The maximum absolute atomic E-state index is 12.0. The zero-order chi connectivity index (χ0) is 14.2. The van der Waals surface area contributed by atoms with Crippen LogP contribution in [0.3, 0.4) is 0 Å². The smallest absolute Gasteiger partial charge is 0.350 e. The first-order valence-electron chi connectivity index (χ1n) is 6.52. The van der Waals surface area contributed by atoms with Crippen molar-refractivity contribution in [3.63, 3.8) is 0 Å². The number of carbonyl (C=O) groups is 1. The number of methoxy groups -OCH3 is 1. The van der Waals surface area contributed by atoms with Gasteiger partial charge in [0.2, 0.25) is 5.60 Å². The van der Waals surface area contributed by atoms with E-state index in [2.05, 4.69) is 0 Å². The number of phenolic OH excluding ortho intramolecular Hbond substituents is 1. The lowest BCUT2D eigenvalue weighted by Gasteiger charge is -2.40. The minimum Gasteiger partial charge on any atom is -0.508 e. The Morgan fingerprint density at radius 3 is 2.84 bits per heavy atom. The summed E-state index contributed by atoms with van der Waals surface area (Å²) in [5.41, 5.74) is 0.823. The highest BCUT2D eigenvalue weighted by molar-refractivity contribution is 5.80. The fourth-order valence-corrected chi connectivity index (χ4v) is 2.82. The molecule has 1 N–H and O–H groups in total. The molecular formula is C15H20O4. The van der Waals surface area contributed by atoms with Crippen LogP contribution in [-0.2, 0) is 16.0 Å². The van der Waals surface area contributed by atoms with E-state index < -0.39 is 5.60 Å². The average Bonchev–Trinajstić information content (AvgIpc) is 2.38. The van der Waals surface area contributed by atoms with Gasteiger partial charge in [0.05, 0.1) is 7.11 Å². The predicted octanol–water partition coefficient (Wildman–Crippen LogP) is 2.59. The summed E-state index contributed by atoms with van der Waals surface area (Å²) >= 11 is 0. The number of esters is 1. The van der Waals surface area contributed by atoms with Gasteiger partial charge in [-0.25, -0.2) is 4.79 Å². The molecule has 2 rings (SSSR count). The molecule has 0 saturated carbocycles. The van der Waals surface area contributed by atoms with Crippen molar-refractivity contribution in [2.45, 2.75) is 39.2 Å². The zero-order valence-electron chi connectivity index (χ0n) is 11.8. The highest BCUT2D eigenvalue weighted by atomic mass is 16.6. The topological polar surface area (TPSA) is 55.8 Å². The number of aryl methyl sites for hydroxylation is 1. The quantitative estimate of drug-likeness (QED) is 0.834. The summed E-state index contributed by atoms with van der Waals surface area (Å²) in [6.07, 6.45) is 1.51. The minimum atomic E-state index is -0.960. The number of benzene rings is 1. The molecule has 104 valence electrons. The average molecular weight is 264 g/mol. The largest absolute Gasteiger partial charge is 0.508 e. The Bertz CT molecular complexity index is 509. The Morgan fingerprint density at radius 2 is 2.26 bits per heavy atom.